The van der Waals surface area contributed by atoms with Gasteiger partial charge in [-0.1, -0.05) is 37.8 Å². The normalized spacial score (nSPS) is 28.6. The Kier molecular flexibility index (Phi) is 9.40. The molecule has 0 spiro atoms. The Hall–Kier alpha value is -4.33. The Morgan fingerprint density at radius 2 is 1.96 bits per heavy atom. The maximum absolute atomic E-state index is 14.4. The van der Waals surface area contributed by atoms with E-state index >= 15 is 0 Å². The number of hydrogen-bond acceptors (Lipinski definition) is 9. The number of thiophene rings is 1. The SMILES string of the molecule is Cn1ccnc1-c1nc(O[C@@H]2C[C@H]3C(=O)N[C@]4(C(=O)O)C[C@H]4/C=C/CCCCC[C@H](NC(=O)CC4CCCC4)C(=O)N3C2)c2sccc2n1. The molecule has 2 aliphatic heterocycles. The Labute approximate surface area is 288 Å². The van der Waals surface area contributed by atoms with Crippen LogP contribution in [0.3, 0.4) is 0 Å². The van der Waals surface area contributed by atoms with Gasteiger partial charge < -0.3 is 29.9 Å². The average molecular weight is 690 g/mol. The van der Waals surface area contributed by atoms with E-state index in [4.69, 9.17) is 9.72 Å². The zero-order chi connectivity index (χ0) is 34.1. The predicted molar refractivity (Wildman–Crippen MR) is 181 cm³/mol. The lowest BCUT2D eigenvalue weighted by Gasteiger charge is -2.29. The van der Waals surface area contributed by atoms with Gasteiger partial charge in [0.15, 0.2) is 11.6 Å². The summed E-state index contributed by atoms with van der Waals surface area (Å²) in [4.78, 5) is 69.4. The van der Waals surface area contributed by atoms with Crippen LogP contribution >= 0.6 is 11.3 Å². The number of carboxylic acid groups (broad SMARTS) is 1. The third-order valence-corrected chi connectivity index (χ3v) is 11.4. The van der Waals surface area contributed by atoms with Crippen LogP contribution in [0.1, 0.15) is 77.0 Å². The smallest absolute Gasteiger partial charge is 0.330 e. The monoisotopic (exact) mass is 689 g/mol. The van der Waals surface area contributed by atoms with Gasteiger partial charge in [-0.25, -0.2) is 14.8 Å². The largest absolute Gasteiger partial charge is 0.479 e. The number of carboxylic acids is 1. The molecule has 2 aliphatic carbocycles. The summed E-state index contributed by atoms with van der Waals surface area (Å²) < 4.78 is 9.05. The van der Waals surface area contributed by atoms with Gasteiger partial charge >= 0.3 is 5.97 Å². The van der Waals surface area contributed by atoms with E-state index in [1.807, 2.05) is 35.2 Å². The van der Waals surface area contributed by atoms with Gasteiger partial charge in [-0.05, 0) is 55.9 Å². The summed E-state index contributed by atoms with van der Waals surface area (Å²) in [6.07, 6.45) is 15.5. The minimum atomic E-state index is -1.41. The molecule has 5 heterocycles. The molecule has 7 rings (SSSR count). The number of carbonyl (C=O) groups is 4. The highest BCUT2D eigenvalue weighted by Gasteiger charge is 2.61. The fourth-order valence-corrected chi connectivity index (χ4v) is 8.39. The number of allylic oxidation sites excluding steroid dienone is 1. The Balaban J connectivity index is 1.18. The van der Waals surface area contributed by atoms with Crippen LogP contribution in [0.4, 0.5) is 0 Å². The molecule has 14 heteroatoms. The van der Waals surface area contributed by atoms with Crippen LogP contribution in [-0.4, -0.2) is 83.5 Å². The van der Waals surface area contributed by atoms with Crippen molar-refractivity contribution < 1.29 is 29.0 Å². The van der Waals surface area contributed by atoms with Crippen molar-refractivity contribution in [1.29, 1.82) is 0 Å². The van der Waals surface area contributed by atoms with Crippen LogP contribution < -0.4 is 15.4 Å². The molecular formula is C35H43N7O6S. The molecule has 3 N–H and O–H groups in total. The second-order valence-corrected chi connectivity index (χ2v) is 14.9. The summed E-state index contributed by atoms with van der Waals surface area (Å²) in [6.45, 7) is 0.0733. The highest BCUT2D eigenvalue weighted by Crippen LogP contribution is 2.45. The van der Waals surface area contributed by atoms with Gasteiger partial charge in [0, 0.05) is 38.2 Å². The van der Waals surface area contributed by atoms with Gasteiger partial charge in [0.2, 0.25) is 23.6 Å². The van der Waals surface area contributed by atoms with Crippen LogP contribution in [0.2, 0.25) is 0 Å². The summed E-state index contributed by atoms with van der Waals surface area (Å²) in [6, 6.07) is 0.0816. The first-order chi connectivity index (χ1) is 23.7. The topological polar surface area (TPSA) is 169 Å². The predicted octanol–water partition coefficient (Wildman–Crippen LogP) is 3.99. The van der Waals surface area contributed by atoms with Crippen molar-refractivity contribution >= 4 is 45.2 Å². The molecule has 0 bridgehead atoms. The number of amides is 3. The van der Waals surface area contributed by atoms with E-state index in [1.165, 1.54) is 16.2 Å². The first-order valence-electron chi connectivity index (χ1n) is 17.4. The number of aromatic nitrogens is 4. The standard InChI is InChI=1S/C35H43N7O6S/c1-41-15-14-36-30(41)29-38-24-13-16-49-28(24)32(39-29)48-23-18-26-31(44)40-35(34(46)47)19-22(35)11-5-3-2-4-6-12-25(33(45)42(26)20-23)37-27(43)17-21-9-7-8-10-21/h5,11,13-16,21-23,25-26H,2-4,6-10,12,17-20H2,1H3,(H,37,43)(H,40,44)(H,46,47)/b11-5+/t22-,23-,25+,26+,35-/m1/s1. The number of ether oxygens (including phenoxy) is 1. The molecule has 49 heavy (non-hydrogen) atoms. The quantitative estimate of drug-likeness (QED) is 0.311. The third-order valence-electron chi connectivity index (χ3n) is 10.5. The summed E-state index contributed by atoms with van der Waals surface area (Å²) in [5, 5.41) is 17.9. The van der Waals surface area contributed by atoms with Gasteiger partial charge in [-0.2, -0.15) is 4.98 Å². The van der Waals surface area contributed by atoms with E-state index in [0.29, 0.717) is 41.8 Å². The molecule has 0 aromatic carbocycles. The number of carbonyl (C=O) groups excluding carboxylic acids is 3. The van der Waals surface area contributed by atoms with Crippen LogP contribution in [0.5, 0.6) is 5.88 Å². The maximum atomic E-state index is 14.4. The zero-order valence-electron chi connectivity index (χ0n) is 27.7. The summed E-state index contributed by atoms with van der Waals surface area (Å²) in [7, 11) is 1.85. The molecule has 0 radical (unpaired) electrons. The number of aliphatic carboxylic acids is 1. The molecule has 5 atom stereocenters. The first-order valence-corrected chi connectivity index (χ1v) is 18.3. The molecule has 0 unspecified atom stereocenters. The van der Waals surface area contributed by atoms with E-state index in [9.17, 15) is 24.3 Å². The van der Waals surface area contributed by atoms with Crippen LogP contribution in [0.25, 0.3) is 21.9 Å². The van der Waals surface area contributed by atoms with Crippen LogP contribution in [0.15, 0.2) is 36.0 Å². The minimum Gasteiger partial charge on any atom is -0.479 e. The molecule has 13 nitrogen and oxygen atoms in total. The molecule has 3 aromatic heterocycles. The Morgan fingerprint density at radius 3 is 2.73 bits per heavy atom. The van der Waals surface area contributed by atoms with Crippen molar-refractivity contribution in [2.75, 3.05) is 6.54 Å². The molecule has 3 amide bonds. The number of aryl methyl sites for hydroxylation is 1. The highest BCUT2D eigenvalue weighted by atomic mass is 32.1. The van der Waals surface area contributed by atoms with E-state index in [1.54, 1.807) is 12.4 Å². The van der Waals surface area contributed by atoms with E-state index in [-0.39, 0.29) is 37.1 Å². The maximum Gasteiger partial charge on any atom is 0.330 e. The first kappa shape index (κ1) is 33.2. The molecule has 260 valence electrons. The molecule has 3 fully saturated rings. The highest BCUT2D eigenvalue weighted by molar-refractivity contribution is 7.17. The summed E-state index contributed by atoms with van der Waals surface area (Å²) in [5.41, 5.74) is -0.723. The fraction of sp³-hybridized carbons (Fsp3) is 0.571. The Bertz CT molecular complexity index is 1770. The van der Waals surface area contributed by atoms with Crippen molar-refractivity contribution in [3.63, 3.8) is 0 Å². The van der Waals surface area contributed by atoms with Crippen molar-refractivity contribution in [2.45, 2.75) is 101 Å². The second kappa shape index (κ2) is 13.9. The van der Waals surface area contributed by atoms with Gasteiger partial charge in [0.1, 0.15) is 28.4 Å². The van der Waals surface area contributed by atoms with Gasteiger partial charge in [-0.3, -0.25) is 14.4 Å². The molecule has 1 saturated heterocycles. The van der Waals surface area contributed by atoms with Crippen LogP contribution in [0, 0.1) is 11.8 Å². The van der Waals surface area contributed by atoms with Crippen molar-refractivity contribution in [3.8, 4) is 17.5 Å². The lowest BCUT2D eigenvalue weighted by atomic mass is 10.0. The van der Waals surface area contributed by atoms with Crippen molar-refractivity contribution in [3.05, 3.63) is 36.0 Å². The zero-order valence-corrected chi connectivity index (χ0v) is 28.5. The second-order valence-electron chi connectivity index (χ2n) is 13.9. The number of nitrogens with zero attached hydrogens (tertiary/aromatic N) is 5. The van der Waals surface area contributed by atoms with E-state index < -0.39 is 35.6 Å². The molecule has 3 aromatic rings. The third kappa shape index (κ3) is 6.92. The number of hydrogen-bond donors (Lipinski definition) is 3. The summed E-state index contributed by atoms with van der Waals surface area (Å²) >= 11 is 1.43. The fourth-order valence-electron chi connectivity index (χ4n) is 7.63. The number of nitrogens with one attached hydrogen (secondary N) is 2. The molecule has 4 aliphatic rings. The molecule has 2 saturated carbocycles. The van der Waals surface area contributed by atoms with Crippen molar-refractivity contribution in [1.82, 2.24) is 35.1 Å². The van der Waals surface area contributed by atoms with Crippen LogP contribution in [-0.2, 0) is 26.2 Å². The number of rotatable bonds is 7. The summed E-state index contributed by atoms with van der Waals surface area (Å²) in [5.74, 6) is -0.855. The Morgan fingerprint density at radius 1 is 1.14 bits per heavy atom. The van der Waals surface area contributed by atoms with E-state index in [2.05, 4.69) is 20.6 Å². The van der Waals surface area contributed by atoms with Gasteiger partial charge in [-0.15, -0.1) is 11.3 Å². The number of imidazole rings is 1. The lowest BCUT2D eigenvalue weighted by molar-refractivity contribution is -0.146. The van der Waals surface area contributed by atoms with Gasteiger partial charge in [0.05, 0.1) is 12.1 Å². The van der Waals surface area contributed by atoms with Gasteiger partial charge in [0.25, 0.3) is 0 Å². The lowest BCUT2D eigenvalue weighted by Crippen LogP contribution is -2.56. The minimum absolute atomic E-state index is 0.0733. The van der Waals surface area contributed by atoms with E-state index in [0.717, 1.165) is 56.1 Å². The van der Waals surface area contributed by atoms with Crippen molar-refractivity contribution in [2.24, 2.45) is 18.9 Å². The average Bonchev–Trinajstić information content (AvgIpc) is 3.67. The number of fused-ring (bicyclic) bond motifs is 3. The molecular weight excluding hydrogens is 646 g/mol.